The van der Waals surface area contributed by atoms with Gasteiger partial charge in [0.15, 0.2) is 4.32 Å². The van der Waals surface area contributed by atoms with Crippen molar-refractivity contribution >= 4 is 46.0 Å². The van der Waals surface area contributed by atoms with Gasteiger partial charge in [-0.15, -0.1) is 0 Å². The smallest absolute Gasteiger partial charge is 0.268 e. The van der Waals surface area contributed by atoms with Crippen LogP contribution in [-0.2, 0) is 4.79 Å². The van der Waals surface area contributed by atoms with Gasteiger partial charge in [0.2, 0.25) is 0 Å². The molecule has 0 radical (unpaired) electrons. The molecule has 1 fully saturated rings. The Kier molecular flexibility index (Phi) is 4.37. The van der Waals surface area contributed by atoms with Crippen LogP contribution in [0.1, 0.15) is 22.3 Å². The zero-order chi connectivity index (χ0) is 16.6. The molecule has 1 aliphatic heterocycles. The van der Waals surface area contributed by atoms with E-state index in [-0.39, 0.29) is 5.91 Å². The van der Waals surface area contributed by atoms with Gasteiger partial charge in [-0.2, -0.15) is 0 Å². The first-order valence-electron chi connectivity index (χ1n) is 7.38. The number of para-hydroxylation sites is 1. The molecule has 3 rings (SSSR count). The highest BCUT2D eigenvalue weighted by Crippen LogP contribution is 2.36. The normalized spacial score (nSPS) is 16.5. The molecule has 0 unspecified atom stereocenters. The zero-order valence-electron chi connectivity index (χ0n) is 13.3. The average Bonchev–Trinajstić information content (AvgIpc) is 2.78. The lowest BCUT2D eigenvalue weighted by Gasteiger charge is -2.14. The minimum atomic E-state index is -0.0504. The average molecular weight is 339 g/mol. The molecule has 2 nitrogen and oxygen atoms in total. The van der Waals surface area contributed by atoms with Crippen LogP contribution >= 0.6 is 24.0 Å². The van der Waals surface area contributed by atoms with Gasteiger partial charge < -0.3 is 0 Å². The van der Waals surface area contributed by atoms with Crippen molar-refractivity contribution in [2.75, 3.05) is 4.90 Å². The summed E-state index contributed by atoms with van der Waals surface area (Å²) >= 11 is 6.77. The molecular weight excluding hydrogens is 322 g/mol. The standard InChI is InChI=1S/C19H17NOS2/c1-12-9-13(2)16(14(3)10-12)11-17-18(21)20(19(22)23-17)15-7-5-4-6-8-15/h4-11H,1-3H3/b17-11+. The highest BCUT2D eigenvalue weighted by molar-refractivity contribution is 8.27. The van der Waals surface area contributed by atoms with E-state index in [0.717, 1.165) is 11.3 Å². The molecule has 2 aromatic carbocycles. The second kappa shape index (κ2) is 6.30. The third-order valence-electron chi connectivity index (χ3n) is 3.82. The third kappa shape index (κ3) is 3.09. The summed E-state index contributed by atoms with van der Waals surface area (Å²) in [6.45, 7) is 6.23. The molecule has 0 bridgehead atoms. The Morgan fingerprint density at radius 3 is 2.26 bits per heavy atom. The fourth-order valence-electron chi connectivity index (χ4n) is 2.82. The van der Waals surface area contributed by atoms with Gasteiger partial charge in [0.25, 0.3) is 5.91 Å². The molecule has 0 N–H and O–H groups in total. The van der Waals surface area contributed by atoms with Crippen molar-refractivity contribution in [2.45, 2.75) is 20.8 Å². The summed E-state index contributed by atoms with van der Waals surface area (Å²) in [5.41, 5.74) is 5.49. The lowest BCUT2D eigenvalue weighted by Crippen LogP contribution is -2.27. The number of carbonyl (C=O) groups excluding carboxylic acids is 1. The number of thiocarbonyl (C=S) groups is 1. The SMILES string of the molecule is Cc1cc(C)c(/C=C2/SC(=S)N(c3ccccc3)C2=O)c(C)c1. The highest BCUT2D eigenvalue weighted by atomic mass is 32.2. The molecule has 23 heavy (non-hydrogen) atoms. The van der Waals surface area contributed by atoms with E-state index in [1.165, 1.54) is 28.5 Å². The molecular formula is C19H17NOS2. The Balaban J connectivity index is 2.00. The number of carbonyl (C=O) groups is 1. The van der Waals surface area contributed by atoms with Crippen LogP contribution in [0.4, 0.5) is 5.69 Å². The number of nitrogens with zero attached hydrogens (tertiary/aromatic N) is 1. The van der Waals surface area contributed by atoms with Gasteiger partial charge in [-0.1, -0.05) is 59.9 Å². The highest BCUT2D eigenvalue weighted by Gasteiger charge is 2.33. The number of aryl methyl sites for hydroxylation is 3. The molecule has 0 atom stereocenters. The van der Waals surface area contributed by atoms with E-state index >= 15 is 0 Å². The summed E-state index contributed by atoms with van der Waals surface area (Å²) in [4.78, 5) is 15.0. The predicted molar refractivity (Wildman–Crippen MR) is 103 cm³/mol. The molecule has 1 saturated heterocycles. The molecule has 0 saturated carbocycles. The molecule has 0 aliphatic carbocycles. The summed E-state index contributed by atoms with van der Waals surface area (Å²) in [6, 6.07) is 13.8. The number of hydrogen-bond acceptors (Lipinski definition) is 3. The second-order valence-electron chi connectivity index (χ2n) is 5.67. The molecule has 1 heterocycles. The van der Waals surface area contributed by atoms with Crippen molar-refractivity contribution in [1.82, 2.24) is 0 Å². The van der Waals surface area contributed by atoms with Crippen LogP contribution in [0, 0.1) is 20.8 Å². The minimum Gasteiger partial charge on any atom is -0.268 e. The van der Waals surface area contributed by atoms with Gasteiger partial charge in [0.1, 0.15) is 0 Å². The lowest BCUT2D eigenvalue weighted by atomic mass is 9.99. The van der Waals surface area contributed by atoms with E-state index in [0.29, 0.717) is 9.23 Å². The lowest BCUT2D eigenvalue weighted by molar-refractivity contribution is -0.113. The number of anilines is 1. The Bertz CT molecular complexity index is 802. The monoisotopic (exact) mass is 339 g/mol. The summed E-state index contributed by atoms with van der Waals surface area (Å²) in [5, 5.41) is 0. The first kappa shape index (κ1) is 16.0. The van der Waals surface area contributed by atoms with Crippen molar-refractivity contribution in [3.8, 4) is 0 Å². The van der Waals surface area contributed by atoms with E-state index < -0.39 is 0 Å². The fourth-order valence-corrected chi connectivity index (χ4v) is 4.10. The van der Waals surface area contributed by atoms with E-state index in [2.05, 4.69) is 32.9 Å². The largest absolute Gasteiger partial charge is 0.270 e. The van der Waals surface area contributed by atoms with Crippen LogP contribution in [-0.4, -0.2) is 10.2 Å². The molecule has 4 heteroatoms. The van der Waals surface area contributed by atoms with Crippen LogP contribution in [0.2, 0.25) is 0 Å². The quantitative estimate of drug-likeness (QED) is 0.566. The van der Waals surface area contributed by atoms with Crippen LogP contribution in [0.5, 0.6) is 0 Å². The summed E-state index contributed by atoms with van der Waals surface area (Å²) in [6.07, 6.45) is 1.96. The number of thioether (sulfide) groups is 1. The number of rotatable bonds is 2. The summed E-state index contributed by atoms with van der Waals surface area (Å²) in [5.74, 6) is -0.0504. The van der Waals surface area contributed by atoms with E-state index in [4.69, 9.17) is 12.2 Å². The summed E-state index contributed by atoms with van der Waals surface area (Å²) in [7, 11) is 0. The van der Waals surface area contributed by atoms with Crippen LogP contribution in [0.3, 0.4) is 0 Å². The van der Waals surface area contributed by atoms with Crippen LogP contribution in [0.25, 0.3) is 6.08 Å². The van der Waals surface area contributed by atoms with Gasteiger partial charge in [-0.25, -0.2) is 0 Å². The third-order valence-corrected chi connectivity index (χ3v) is 5.12. The van der Waals surface area contributed by atoms with Gasteiger partial charge in [-0.05, 0) is 55.7 Å². The molecule has 0 aromatic heterocycles. The first-order chi connectivity index (χ1) is 11.0. The zero-order valence-corrected chi connectivity index (χ0v) is 14.9. The molecule has 0 spiro atoms. The van der Waals surface area contributed by atoms with E-state index in [9.17, 15) is 4.79 Å². The minimum absolute atomic E-state index is 0.0504. The predicted octanol–water partition coefficient (Wildman–Crippen LogP) is 5.02. The maximum absolute atomic E-state index is 12.8. The van der Waals surface area contributed by atoms with Crippen molar-refractivity contribution in [3.05, 3.63) is 69.6 Å². The van der Waals surface area contributed by atoms with E-state index in [1.54, 1.807) is 4.90 Å². The Morgan fingerprint density at radius 2 is 1.65 bits per heavy atom. The van der Waals surface area contributed by atoms with Crippen molar-refractivity contribution in [2.24, 2.45) is 0 Å². The topological polar surface area (TPSA) is 20.3 Å². The Labute approximate surface area is 146 Å². The maximum Gasteiger partial charge on any atom is 0.270 e. The molecule has 1 aliphatic rings. The van der Waals surface area contributed by atoms with Gasteiger partial charge in [-0.3, -0.25) is 9.69 Å². The fraction of sp³-hybridized carbons (Fsp3) is 0.158. The van der Waals surface area contributed by atoms with Crippen LogP contribution in [0.15, 0.2) is 47.4 Å². The number of hydrogen-bond donors (Lipinski definition) is 0. The van der Waals surface area contributed by atoms with Gasteiger partial charge in [0, 0.05) is 0 Å². The number of amides is 1. The first-order valence-corrected chi connectivity index (χ1v) is 8.60. The van der Waals surface area contributed by atoms with Gasteiger partial charge >= 0.3 is 0 Å². The van der Waals surface area contributed by atoms with Gasteiger partial charge in [0.05, 0.1) is 10.6 Å². The molecule has 116 valence electrons. The second-order valence-corrected chi connectivity index (χ2v) is 7.34. The van der Waals surface area contributed by atoms with E-state index in [1.807, 2.05) is 36.4 Å². The number of benzene rings is 2. The molecule has 2 aromatic rings. The maximum atomic E-state index is 12.8. The van der Waals surface area contributed by atoms with Crippen molar-refractivity contribution < 1.29 is 4.79 Å². The summed E-state index contributed by atoms with van der Waals surface area (Å²) < 4.78 is 0.579. The van der Waals surface area contributed by atoms with Crippen molar-refractivity contribution in [3.63, 3.8) is 0 Å². The Hall–Kier alpha value is -1.91. The molecule has 1 amide bonds. The van der Waals surface area contributed by atoms with Crippen LogP contribution < -0.4 is 4.90 Å². The van der Waals surface area contributed by atoms with Crippen molar-refractivity contribution in [1.29, 1.82) is 0 Å². The Morgan fingerprint density at radius 1 is 1.04 bits per heavy atom.